The van der Waals surface area contributed by atoms with Crippen LogP contribution in [0.4, 0.5) is 0 Å². The third kappa shape index (κ3) is 2.44. The minimum absolute atomic E-state index is 0.505. The first-order chi connectivity index (χ1) is 8.72. The molecule has 3 nitrogen and oxygen atoms in total. The fraction of sp³-hybridized carbons (Fsp3) is 0.600. The molecular weight excluding hydrogens is 222 g/mol. The molecule has 1 aromatic carbocycles. The fourth-order valence-electron chi connectivity index (χ4n) is 3.08. The molecule has 1 N–H and O–H groups in total. The van der Waals surface area contributed by atoms with Crippen molar-refractivity contribution < 1.29 is 0 Å². The van der Waals surface area contributed by atoms with Gasteiger partial charge in [0.25, 0.3) is 0 Å². The Morgan fingerprint density at radius 2 is 1.89 bits per heavy atom. The van der Waals surface area contributed by atoms with Gasteiger partial charge in [-0.3, -0.25) is 4.90 Å². The third-order valence-electron chi connectivity index (χ3n) is 4.30. The molecule has 2 saturated heterocycles. The van der Waals surface area contributed by atoms with Gasteiger partial charge in [-0.2, -0.15) is 0 Å². The van der Waals surface area contributed by atoms with Gasteiger partial charge in [-0.15, -0.1) is 0 Å². The Morgan fingerprint density at radius 1 is 1.11 bits per heavy atom. The quantitative estimate of drug-likeness (QED) is 0.803. The Labute approximate surface area is 110 Å². The molecule has 0 spiro atoms. The maximum atomic E-state index is 3.71. The van der Waals surface area contributed by atoms with Crippen LogP contribution in [-0.4, -0.2) is 55.6 Å². The molecule has 0 aliphatic carbocycles. The zero-order valence-corrected chi connectivity index (χ0v) is 11.4. The SMILES string of the molecule is Cc1ccc(C2CN3CCN(C)CC3CN2)cc1. The summed E-state index contributed by atoms with van der Waals surface area (Å²) < 4.78 is 0. The monoisotopic (exact) mass is 245 g/mol. The van der Waals surface area contributed by atoms with E-state index in [2.05, 4.69) is 53.4 Å². The van der Waals surface area contributed by atoms with Crippen molar-refractivity contribution in [3.63, 3.8) is 0 Å². The minimum atomic E-state index is 0.505. The zero-order chi connectivity index (χ0) is 12.5. The van der Waals surface area contributed by atoms with Crippen LogP contribution in [0, 0.1) is 6.92 Å². The largest absolute Gasteiger partial charge is 0.307 e. The van der Waals surface area contributed by atoms with Crippen molar-refractivity contribution in [3.8, 4) is 0 Å². The molecule has 2 aliphatic rings. The zero-order valence-electron chi connectivity index (χ0n) is 11.4. The first-order valence-electron chi connectivity index (χ1n) is 6.95. The van der Waals surface area contributed by atoms with Crippen LogP contribution in [0.5, 0.6) is 0 Å². The molecule has 0 bridgehead atoms. The summed E-state index contributed by atoms with van der Waals surface area (Å²) in [5.41, 5.74) is 2.77. The van der Waals surface area contributed by atoms with E-state index in [0.717, 1.165) is 13.1 Å². The van der Waals surface area contributed by atoms with Crippen LogP contribution in [0.1, 0.15) is 17.2 Å². The summed E-state index contributed by atoms with van der Waals surface area (Å²) in [6, 6.07) is 10.2. The van der Waals surface area contributed by atoms with Crippen molar-refractivity contribution in [3.05, 3.63) is 35.4 Å². The minimum Gasteiger partial charge on any atom is -0.307 e. The van der Waals surface area contributed by atoms with E-state index in [-0.39, 0.29) is 0 Å². The molecule has 0 aromatic heterocycles. The van der Waals surface area contributed by atoms with Crippen LogP contribution < -0.4 is 5.32 Å². The van der Waals surface area contributed by atoms with Gasteiger partial charge in [0.1, 0.15) is 0 Å². The third-order valence-corrected chi connectivity index (χ3v) is 4.30. The van der Waals surface area contributed by atoms with Gasteiger partial charge >= 0.3 is 0 Å². The van der Waals surface area contributed by atoms with Crippen molar-refractivity contribution in [1.82, 2.24) is 15.1 Å². The molecule has 0 saturated carbocycles. The summed E-state index contributed by atoms with van der Waals surface area (Å²) in [5, 5.41) is 3.71. The number of fused-ring (bicyclic) bond motifs is 1. The van der Waals surface area contributed by atoms with Gasteiger partial charge in [-0.25, -0.2) is 0 Å². The van der Waals surface area contributed by atoms with Gasteiger partial charge in [-0.05, 0) is 19.5 Å². The van der Waals surface area contributed by atoms with E-state index in [1.165, 1.54) is 30.8 Å². The van der Waals surface area contributed by atoms with Crippen LogP contribution in [0.3, 0.4) is 0 Å². The van der Waals surface area contributed by atoms with Crippen LogP contribution in [0.25, 0.3) is 0 Å². The molecule has 2 heterocycles. The summed E-state index contributed by atoms with van der Waals surface area (Å²) >= 11 is 0. The molecule has 98 valence electrons. The average Bonchev–Trinajstić information content (AvgIpc) is 2.39. The highest BCUT2D eigenvalue weighted by molar-refractivity contribution is 5.25. The van der Waals surface area contributed by atoms with Crippen molar-refractivity contribution in [2.45, 2.75) is 19.0 Å². The summed E-state index contributed by atoms with van der Waals surface area (Å²) in [7, 11) is 2.23. The van der Waals surface area contributed by atoms with Crippen LogP contribution >= 0.6 is 0 Å². The van der Waals surface area contributed by atoms with Crippen molar-refractivity contribution >= 4 is 0 Å². The maximum absolute atomic E-state index is 3.71. The molecule has 3 heteroatoms. The van der Waals surface area contributed by atoms with E-state index in [9.17, 15) is 0 Å². The molecule has 2 fully saturated rings. The van der Waals surface area contributed by atoms with Crippen LogP contribution in [0.15, 0.2) is 24.3 Å². The first kappa shape index (κ1) is 12.2. The summed E-state index contributed by atoms with van der Waals surface area (Å²) in [5.74, 6) is 0. The van der Waals surface area contributed by atoms with Gasteiger partial charge in [0.2, 0.25) is 0 Å². The van der Waals surface area contributed by atoms with Gasteiger partial charge in [0, 0.05) is 44.8 Å². The van der Waals surface area contributed by atoms with E-state index in [4.69, 9.17) is 0 Å². The van der Waals surface area contributed by atoms with Gasteiger partial charge < -0.3 is 10.2 Å². The van der Waals surface area contributed by atoms with Crippen molar-refractivity contribution in [2.24, 2.45) is 0 Å². The summed E-state index contributed by atoms with van der Waals surface area (Å²) in [6.45, 7) is 8.04. The average molecular weight is 245 g/mol. The van der Waals surface area contributed by atoms with Gasteiger partial charge in [0.05, 0.1) is 0 Å². The molecule has 2 atom stereocenters. The lowest BCUT2D eigenvalue weighted by Gasteiger charge is -2.46. The molecule has 0 amide bonds. The number of aryl methyl sites for hydroxylation is 1. The number of hydrogen-bond donors (Lipinski definition) is 1. The highest BCUT2D eigenvalue weighted by Gasteiger charge is 2.31. The van der Waals surface area contributed by atoms with Crippen molar-refractivity contribution in [2.75, 3.05) is 39.8 Å². The molecule has 0 radical (unpaired) electrons. The molecule has 3 rings (SSSR count). The summed E-state index contributed by atoms with van der Waals surface area (Å²) in [6.07, 6.45) is 0. The second-order valence-electron chi connectivity index (χ2n) is 5.78. The summed E-state index contributed by atoms with van der Waals surface area (Å²) in [4.78, 5) is 5.09. The number of nitrogens with one attached hydrogen (secondary N) is 1. The second-order valence-corrected chi connectivity index (χ2v) is 5.78. The highest BCUT2D eigenvalue weighted by atomic mass is 15.3. The van der Waals surface area contributed by atoms with Gasteiger partial charge in [-0.1, -0.05) is 29.8 Å². The maximum Gasteiger partial charge on any atom is 0.0450 e. The molecule has 2 aliphatic heterocycles. The Morgan fingerprint density at radius 3 is 2.67 bits per heavy atom. The Bertz CT molecular complexity index is 401. The first-order valence-corrected chi connectivity index (χ1v) is 6.95. The Hall–Kier alpha value is -0.900. The fourth-order valence-corrected chi connectivity index (χ4v) is 3.08. The highest BCUT2D eigenvalue weighted by Crippen LogP contribution is 2.22. The lowest BCUT2D eigenvalue weighted by atomic mass is 9.99. The van der Waals surface area contributed by atoms with E-state index in [0.29, 0.717) is 12.1 Å². The molecule has 2 unspecified atom stereocenters. The topological polar surface area (TPSA) is 18.5 Å². The number of hydrogen-bond acceptors (Lipinski definition) is 3. The predicted molar refractivity (Wildman–Crippen MR) is 74.8 cm³/mol. The standard InChI is InChI=1S/C15H23N3/c1-12-3-5-13(6-4-12)15-11-18-8-7-17(2)10-14(18)9-16-15/h3-6,14-16H,7-11H2,1-2H3. The molecule has 1 aromatic rings. The van der Waals surface area contributed by atoms with E-state index in [1.54, 1.807) is 0 Å². The number of likely N-dealkylation sites (N-methyl/N-ethyl adjacent to an activating group) is 1. The van der Waals surface area contributed by atoms with E-state index >= 15 is 0 Å². The van der Waals surface area contributed by atoms with Gasteiger partial charge in [0.15, 0.2) is 0 Å². The Kier molecular flexibility index (Phi) is 3.37. The smallest absolute Gasteiger partial charge is 0.0450 e. The van der Waals surface area contributed by atoms with Crippen LogP contribution in [-0.2, 0) is 0 Å². The Balaban J connectivity index is 1.68. The normalized spacial score (nSPS) is 30.1. The molecular formula is C15H23N3. The number of benzene rings is 1. The van der Waals surface area contributed by atoms with Crippen molar-refractivity contribution in [1.29, 1.82) is 0 Å². The number of nitrogens with zero attached hydrogens (tertiary/aromatic N) is 2. The number of piperazine rings is 2. The lowest BCUT2D eigenvalue weighted by molar-refractivity contribution is 0.0538. The second kappa shape index (κ2) is 5.00. The molecule has 18 heavy (non-hydrogen) atoms. The number of rotatable bonds is 1. The lowest BCUT2D eigenvalue weighted by Crippen LogP contribution is -2.61. The predicted octanol–water partition coefficient (Wildman–Crippen LogP) is 1.26. The van der Waals surface area contributed by atoms with Crippen LogP contribution in [0.2, 0.25) is 0 Å². The van der Waals surface area contributed by atoms with E-state index in [1.807, 2.05) is 0 Å². The van der Waals surface area contributed by atoms with E-state index < -0.39 is 0 Å².